The summed E-state index contributed by atoms with van der Waals surface area (Å²) in [5, 5.41) is 6.06. The molecule has 1 aliphatic rings. The number of aromatic nitrogens is 1. The zero-order valence-electron chi connectivity index (χ0n) is 13.4. The lowest BCUT2D eigenvalue weighted by molar-refractivity contribution is 0.0527. The summed E-state index contributed by atoms with van der Waals surface area (Å²) >= 11 is 0. The first kappa shape index (κ1) is 16.0. The molecule has 1 aromatic heterocycles. The Bertz CT molecular complexity index is 757. The van der Waals surface area contributed by atoms with Crippen molar-refractivity contribution in [3.63, 3.8) is 0 Å². The van der Waals surface area contributed by atoms with Crippen molar-refractivity contribution < 1.29 is 14.3 Å². The fraction of sp³-hybridized carbons (Fsp3) is 0.278. The van der Waals surface area contributed by atoms with Crippen molar-refractivity contribution in [2.24, 2.45) is 0 Å². The largest absolute Gasteiger partial charge is 0.462 e. The molecule has 6 heteroatoms. The number of carbonyl (C=O) groups is 2. The Morgan fingerprint density at radius 2 is 2.04 bits per heavy atom. The van der Waals surface area contributed by atoms with Gasteiger partial charge in [0.1, 0.15) is 0 Å². The summed E-state index contributed by atoms with van der Waals surface area (Å²) in [7, 11) is 0. The molecule has 1 fully saturated rings. The molecular weight excluding hydrogens is 306 g/mol. The highest BCUT2D eigenvalue weighted by atomic mass is 16.5. The Morgan fingerprint density at radius 1 is 1.25 bits per heavy atom. The standard InChI is InChI=1S/C18H19N3O3/c1-2-24-18(23)15-5-3-4-6-16(15)20-14-9-12(10-19-11-14)17(22)21-13-7-8-13/h3-6,9-11,13,20H,2,7-8H2,1H3,(H,21,22). The number of benzene rings is 1. The van der Waals surface area contributed by atoms with Crippen molar-refractivity contribution in [1.29, 1.82) is 0 Å². The van der Waals surface area contributed by atoms with E-state index in [4.69, 9.17) is 4.74 Å². The highest BCUT2D eigenvalue weighted by Crippen LogP contribution is 2.23. The highest BCUT2D eigenvalue weighted by Gasteiger charge is 2.24. The Balaban J connectivity index is 1.78. The first-order chi connectivity index (χ1) is 11.7. The van der Waals surface area contributed by atoms with Gasteiger partial charge in [0.25, 0.3) is 5.91 Å². The Kier molecular flexibility index (Phi) is 4.74. The normalized spacial score (nSPS) is 13.2. The molecule has 24 heavy (non-hydrogen) atoms. The van der Waals surface area contributed by atoms with Gasteiger partial charge in [-0.2, -0.15) is 0 Å². The van der Waals surface area contributed by atoms with Crippen LogP contribution in [0.1, 0.15) is 40.5 Å². The molecule has 2 N–H and O–H groups in total. The van der Waals surface area contributed by atoms with Gasteiger partial charge in [-0.25, -0.2) is 4.79 Å². The molecule has 1 aliphatic carbocycles. The van der Waals surface area contributed by atoms with Crippen molar-refractivity contribution in [3.8, 4) is 0 Å². The minimum absolute atomic E-state index is 0.132. The molecule has 0 saturated heterocycles. The molecule has 0 bridgehead atoms. The number of nitrogens with zero attached hydrogens (tertiary/aromatic N) is 1. The molecule has 124 valence electrons. The maximum atomic E-state index is 12.1. The van der Waals surface area contributed by atoms with Gasteiger partial charge in [-0.1, -0.05) is 12.1 Å². The van der Waals surface area contributed by atoms with E-state index in [1.165, 1.54) is 6.20 Å². The third-order valence-corrected chi connectivity index (χ3v) is 3.61. The predicted molar refractivity (Wildman–Crippen MR) is 90.4 cm³/mol. The second-order valence-corrected chi connectivity index (χ2v) is 5.60. The Hall–Kier alpha value is -2.89. The number of amides is 1. The van der Waals surface area contributed by atoms with Crippen molar-refractivity contribution in [2.45, 2.75) is 25.8 Å². The van der Waals surface area contributed by atoms with Crippen LogP contribution in [0.25, 0.3) is 0 Å². The van der Waals surface area contributed by atoms with Crippen LogP contribution in [-0.4, -0.2) is 29.5 Å². The molecule has 3 rings (SSSR count). The molecule has 0 atom stereocenters. The molecular formula is C18H19N3O3. The van der Waals surface area contributed by atoms with E-state index in [1.807, 2.05) is 6.07 Å². The van der Waals surface area contributed by atoms with Crippen molar-refractivity contribution in [2.75, 3.05) is 11.9 Å². The third-order valence-electron chi connectivity index (χ3n) is 3.61. The lowest BCUT2D eigenvalue weighted by Crippen LogP contribution is -2.25. The van der Waals surface area contributed by atoms with Gasteiger partial charge in [-0.3, -0.25) is 9.78 Å². The van der Waals surface area contributed by atoms with E-state index in [2.05, 4.69) is 15.6 Å². The number of hydrogen-bond donors (Lipinski definition) is 2. The van der Waals surface area contributed by atoms with Crippen LogP contribution < -0.4 is 10.6 Å². The minimum Gasteiger partial charge on any atom is -0.462 e. The molecule has 2 aromatic rings. The van der Waals surface area contributed by atoms with Crippen molar-refractivity contribution >= 4 is 23.3 Å². The fourth-order valence-corrected chi connectivity index (χ4v) is 2.26. The van der Waals surface area contributed by atoms with E-state index >= 15 is 0 Å². The van der Waals surface area contributed by atoms with Gasteiger partial charge < -0.3 is 15.4 Å². The average Bonchev–Trinajstić information content (AvgIpc) is 3.40. The van der Waals surface area contributed by atoms with E-state index in [1.54, 1.807) is 37.4 Å². The predicted octanol–water partition coefficient (Wildman–Crippen LogP) is 2.89. The molecule has 0 spiro atoms. The van der Waals surface area contributed by atoms with Crippen LogP contribution in [0.5, 0.6) is 0 Å². The first-order valence-corrected chi connectivity index (χ1v) is 7.96. The van der Waals surface area contributed by atoms with Crippen LogP contribution >= 0.6 is 0 Å². The third kappa shape index (κ3) is 3.90. The van der Waals surface area contributed by atoms with Crippen LogP contribution in [0.4, 0.5) is 11.4 Å². The van der Waals surface area contributed by atoms with Crippen molar-refractivity contribution in [1.82, 2.24) is 10.3 Å². The van der Waals surface area contributed by atoms with Gasteiger partial charge in [-0.15, -0.1) is 0 Å². The van der Waals surface area contributed by atoms with Crippen LogP contribution in [0.2, 0.25) is 0 Å². The van der Waals surface area contributed by atoms with E-state index in [0.717, 1.165) is 12.8 Å². The number of ether oxygens (including phenoxy) is 1. The summed E-state index contributed by atoms with van der Waals surface area (Å²) in [6, 6.07) is 9.07. The highest BCUT2D eigenvalue weighted by molar-refractivity contribution is 5.97. The van der Waals surface area contributed by atoms with Crippen LogP contribution in [0.15, 0.2) is 42.7 Å². The van der Waals surface area contributed by atoms with Crippen LogP contribution in [0.3, 0.4) is 0 Å². The quantitative estimate of drug-likeness (QED) is 0.798. The molecule has 0 radical (unpaired) electrons. The summed E-state index contributed by atoms with van der Waals surface area (Å²) in [4.78, 5) is 28.2. The summed E-state index contributed by atoms with van der Waals surface area (Å²) in [6.45, 7) is 2.07. The lowest BCUT2D eigenvalue weighted by Gasteiger charge is -2.12. The molecule has 1 saturated carbocycles. The first-order valence-electron chi connectivity index (χ1n) is 7.96. The maximum absolute atomic E-state index is 12.1. The van der Waals surface area contributed by atoms with Gasteiger partial charge in [-0.05, 0) is 38.0 Å². The maximum Gasteiger partial charge on any atom is 0.340 e. The van der Waals surface area contributed by atoms with Gasteiger partial charge >= 0.3 is 5.97 Å². The van der Waals surface area contributed by atoms with Gasteiger partial charge in [0.2, 0.25) is 0 Å². The number of para-hydroxylation sites is 1. The summed E-state index contributed by atoms with van der Waals surface area (Å²) in [5.74, 6) is -0.525. The molecule has 0 aliphatic heterocycles. The number of hydrogen-bond acceptors (Lipinski definition) is 5. The van der Waals surface area contributed by atoms with Crippen LogP contribution in [-0.2, 0) is 4.74 Å². The summed E-state index contributed by atoms with van der Waals surface area (Å²) in [6.07, 6.45) is 5.20. The summed E-state index contributed by atoms with van der Waals surface area (Å²) in [5.41, 5.74) is 2.17. The van der Waals surface area contributed by atoms with Gasteiger partial charge in [0, 0.05) is 12.2 Å². The van der Waals surface area contributed by atoms with Gasteiger partial charge in [0.05, 0.1) is 35.3 Å². The molecule has 1 amide bonds. The monoisotopic (exact) mass is 325 g/mol. The van der Waals surface area contributed by atoms with Crippen LogP contribution in [0, 0.1) is 0 Å². The van der Waals surface area contributed by atoms with E-state index in [9.17, 15) is 9.59 Å². The molecule has 1 aromatic carbocycles. The fourth-order valence-electron chi connectivity index (χ4n) is 2.26. The molecule has 6 nitrogen and oxygen atoms in total. The second kappa shape index (κ2) is 7.12. The number of anilines is 2. The topological polar surface area (TPSA) is 80.3 Å². The van der Waals surface area contributed by atoms with E-state index in [0.29, 0.717) is 35.2 Å². The zero-order valence-corrected chi connectivity index (χ0v) is 13.4. The average molecular weight is 325 g/mol. The van der Waals surface area contributed by atoms with E-state index in [-0.39, 0.29) is 5.91 Å². The molecule has 0 unspecified atom stereocenters. The second-order valence-electron chi connectivity index (χ2n) is 5.60. The lowest BCUT2D eigenvalue weighted by atomic mass is 10.1. The molecule has 1 heterocycles. The number of esters is 1. The number of rotatable bonds is 6. The zero-order chi connectivity index (χ0) is 16.9. The number of nitrogens with one attached hydrogen (secondary N) is 2. The number of carbonyl (C=O) groups excluding carboxylic acids is 2. The smallest absolute Gasteiger partial charge is 0.340 e. The van der Waals surface area contributed by atoms with Gasteiger partial charge in [0.15, 0.2) is 0 Å². The van der Waals surface area contributed by atoms with Crippen molar-refractivity contribution in [3.05, 3.63) is 53.9 Å². The SMILES string of the molecule is CCOC(=O)c1ccccc1Nc1cncc(C(=O)NC2CC2)c1. The summed E-state index contributed by atoms with van der Waals surface area (Å²) < 4.78 is 5.06. The van der Waals surface area contributed by atoms with E-state index < -0.39 is 5.97 Å². The number of pyridine rings is 1. The Morgan fingerprint density at radius 3 is 2.79 bits per heavy atom. The minimum atomic E-state index is -0.392. The Labute approximate surface area is 140 Å².